The van der Waals surface area contributed by atoms with E-state index >= 15 is 0 Å². The fourth-order valence-electron chi connectivity index (χ4n) is 1.82. The number of carbonyl (C=O) groups is 1. The lowest BCUT2D eigenvalue weighted by Crippen LogP contribution is -2.02. The largest absolute Gasteiger partial charge is 0.467 e. The van der Waals surface area contributed by atoms with E-state index in [0.29, 0.717) is 17.0 Å². The fraction of sp³-hybridized carbons (Fsp3) is 0.214. The molecule has 1 aromatic heterocycles. The van der Waals surface area contributed by atoms with Crippen LogP contribution in [0.3, 0.4) is 0 Å². The Bertz CT molecular complexity index is 678. The van der Waals surface area contributed by atoms with Gasteiger partial charge in [0.25, 0.3) is 5.69 Å². The Balaban J connectivity index is 2.11. The molecule has 0 aliphatic rings. The van der Waals surface area contributed by atoms with Crippen LogP contribution in [0.4, 0.5) is 11.4 Å². The van der Waals surface area contributed by atoms with Crippen molar-refractivity contribution in [3.63, 3.8) is 0 Å². The van der Waals surface area contributed by atoms with Crippen LogP contribution in [-0.4, -0.2) is 18.0 Å². The highest BCUT2D eigenvalue weighted by Crippen LogP contribution is 2.26. The quantitative estimate of drug-likeness (QED) is 0.517. The maximum atomic E-state index is 11.3. The van der Waals surface area contributed by atoms with Crippen molar-refractivity contribution in [2.45, 2.75) is 13.5 Å². The average Bonchev–Trinajstić information content (AvgIpc) is 2.93. The number of benzene rings is 1. The van der Waals surface area contributed by atoms with Crippen molar-refractivity contribution >= 4 is 17.3 Å². The van der Waals surface area contributed by atoms with E-state index in [-0.39, 0.29) is 12.2 Å². The zero-order valence-corrected chi connectivity index (χ0v) is 11.6. The summed E-state index contributed by atoms with van der Waals surface area (Å²) in [6, 6.07) is 6.43. The predicted molar refractivity (Wildman–Crippen MR) is 75.2 cm³/mol. The first-order valence-corrected chi connectivity index (χ1v) is 6.16. The summed E-state index contributed by atoms with van der Waals surface area (Å²) in [5.74, 6) is -0.0170. The molecule has 0 fully saturated rings. The molecule has 0 saturated carbocycles. The molecule has 7 nitrogen and oxygen atoms in total. The molecule has 0 atom stereocenters. The molecule has 2 aromatic rings. The molecule has 0 unspecified atom stereocenters. The van der Waals surface area contributed by atoms with E-state index in [4.69, 9.17) is 4.42 Å². The number of rotatable bonds is 5. The lowest BCUT2D eigenvalue weighted by atomic mass is 10.2. The van der Waals surface area contributed by atoms with Crippen LogP contribution in [0.2, 0.25) is 0 Å². The first-order valence-electron chi connectivity index (χ1n) is 6.16. The van der Waals surface area contributed by atoms with Gasteiger partial charge in [-0.1, -0.05) is 6.07 Å². The van der Waals surface area contributed by atoms with Crippen LogP contribution in [0.1, 0.15) is 21.7 Å². The van der Waals surface area contributed by atoms with Crippen molar-refractivity contribution in [3.05, 3.63) is 57.5 Å². The molecular formula is C14H14N2O5. The van der Waals surface area contributed by atoms with Gasteiger partial charge in [0, 0.05) is 6.07 Å². The van der Waals surface area contributed by atoms with Crippen molar-refractivity contribution in [2.24, 2.45) is 0 Å². The average molecular weight is 290 g/mol. The third-order valence-electron chi connectivity index (χ3n) is 2.88. The number of nitro groups is 1. The third-order valence-corrected chi connectivity index (χ3v) is 2.88. The highest BCUT2D eigenvalue weighted by atomic mass is 16.6. The van der Waals surface area contributed by atoms with Crippen LogP contribution in [0, 0.1) is 17.0 Å². The summed E-state index contributed by atoms with van der Waals surface area (Å²) < 4.78 is 9.77. The number of hydrogen-bond acceptors (Lipinski definition) is 6. The summed E-state index contributed by atoms with van der Waals surface area (Å²) in [6.07, 6.45) is 1.28. The lowest BCUT2D eigenvalue weighted by Gasteiger charge is -2.06. The monoisotopic (exact) mass is 290 g/mol. The van der Waals surface area contributed by atoms with Crippen LogP contribution >= 0.6 is 0 Å². The van der Waals surface area contributed by atoms with Gasteiger partial charge in [0.15, 0.2) is 0 Å². The summed E-state index contributed by atoms with van der Waals surface area (Å²) in [6.45, 7) is 2.01. The Morgan fingerprint density at radius 3 is 2.86 bits per heavy atom. The van der Waals surface area contributed by atoms with E-state index in [0.717, 1.165) is 5.56 Å². The maximum absolute atomic E-state index is 11.3. The molecule has 0 spiro atoms. The normalized spacial score (nSPS) is 10.2. The van der Waals surface area contributed by atoms with Crippen molar-refractivity contribution in [1.82, 2.24) is 0 Å². The summed E-state index contributed by atoms with van der Waals surface area (Å²) in [5.41, 5.74) is 1.49. The molecule has 0 radical (unpaired) electrons. The predicted octanol–water partition coefficient (Wildman–Crippen LogP) is 2.89. The first-order chi connectivity index (χ1) is 10.0. The molecular weight excluding hydrogens is 276 g/mol. The van der Waals surface area contributed by atoms with E-state index in [9.17, 15) is 14.9 Å². The van der Waals surface area contributed by atoms with Crippen LogP contribution in [0.15, 0.2) is 34.9 Å². The van der Waals surface area contributed by atoms with Crippen LogP contribution < -0.4 is 5.32 Å². The van der Waals surface area contributed by atoms with E-state index in [2.05, 4.69) is 10.1 Å². The molecule has 0 amide bonds. The summed E-state index contributed by atoms with van der Waals surface area (Å²) in [7, 11) is 1.28. The van der Waals surface area contributed by atoms with Crippen LogP contribution in [-0.2, 0) is 11.3 Å². The highest BCUT2D eigenvalue weighted by molar-refractivity contribution is 5.89. The van der Waals surface area contributed by atoms with Gasteiger partial charge in [-0.2, -0.15) is 0 Å². The molecule has 0 saturated heterocycles. The zero-order valence-electron chi connectivity index (χ0n) is 11.6. The molecule has 2 rings (SSSR count). The van der Waals surface area contributed by atoms with Gasteiger partial charge < -0.3 is 14.5 Å². The highest BCUT2D eigenvalue weighted by Gasteiger charge is 2.15. The number of nitrogens with zero attached hydrogens (tertiary/aromatic N) is 1. The SMILES string of the molecule is COC(=O)c1coc(CNc2ccc(C)cc2[N+](=O)[O-])c1. The Labute approximate surface area is 120 Å². The van der Waals surface area contributed by atoms with E-state index in [1.807, 2.05) is 0 Å². The Morgan fingerprint density at radius 1 is 1.43 bits per heavy atom. The number of aryl methyl sites for hydroxylation is 1. The van der Waals surface area contributed by atoms with Crippen molar-refractivity contribution < 1.29 is 18.9 Å². The summed E-state index contributed by atoms with van der Waals surface area (Å²) in [5, 5.41) is 13.9. The van der Waals surface area contributed by atoms with Gasteiger partial charge in [0.2, 0.25) is 0 Å². The van der Waals surface area contributed by atoms with Gasteiger partial charge in [0.05, 0.1) is 24.1 Å². The third kappa shape index (κ3) is 3.38. The number of furan rings is 1. The Morgan fingerprint density at radius 2 is 2.19 bits per heavy atom. The van der Waals surface area contributed by atoms with Crippen LogP contribution in [0.25, 0.3) is 0 Å². The molecule has 0 bridgehead atoms. The van der Waals surface area contributed by atoms with Gasteiger partial charge in [-0.25, -0.2) is 4.79 Å². The number of anilines is 1. The smallest absolute Gasteiger partial charge is 0.341 e. The maximum Gasteiger partial charge on any atom is 0.341 e. The second-order valence-corrected chi connectivity index (χ2v) is 4.42. The molecule has 0 aliphatic heterocycles. The minimum Gasteiger partial charge on any atom is -0.467 e. The lowest BCUT2D eigenvalue weighted by molar-refractivity contribution is -0.384. The number of hydrogen-bond donors (Lipinski definition) is 1. The Hall–Kier alpha value is -2.83. The van der Waals surface area contributed by atoms with Gasteiger partial charge in [0.1, 0.15) is 17.7 Å². The number of ether oxygens (including phenoxy) is 1. The zero-order chi connectivity index (χ0) is 15.4. The number of nitrogens with one attached hydrogen (secondary N) is 1. The van der Waals surface area contributed by atoms with Gasteiger partial charge >= 0.3 is 5.97 Å². The fourth-order valence-corrected chi connectivity index (χ4v) is 1.82. The molecule has 0 aliphatic carbocycles. The number of nitro benzene ring substituents is 1. The molecule has 21 heavy (non-hydrogen) atoms. The summed E-state index contributed by atoms with van der Waals surface area (Å²) in [4.78, 5) is 21.8. The first kappa shape index (κ1) is 14.6. The standard InChI is InChI=1S/C14H14N2O5/c1-9-3-4-12(13(5-9)16(18)19)15-7-11-6-10(8-21-11)14(17)20-2/h3-6,8,15H,7H2,1-2H3. The second kappa shape index (κ2) is 6.08. The summed E-state index contributed by atoms with van der Waals surface area (Å²) >= 11 is 0. The molecule has 7 heteroatoms. The Kier molecular flexibility index (Phi) is 4.22. The number of carbonyl (C=O) groups excluding carboxylic acids is 1. The molecule has 1 aromatic carbocycles. The van der Waals surface area contributed by atoms with E-state index < -0.39 is 10.9 Å². The molecule has 110 valence electrons. The van der Waals surface area contributed by atoms with Crippen molar-refractivity contribution in [3.8, 4) is 0 Å². The van der Waals surface area contributed by atoms with E-state index in [1.54, 1.807) is 19.1 Å². The van der Waals surface area contributed by atoms with Crippen LogP contribution in [0.5, 0.6) is 0 Å². The van der Waals surface area contributed by atoms with E-state index in [1.165, 1.54) is 25.5 Å². The van der Waals surface area contributed by atoms with Crippen molar-refractivity contribution in [2.75, 3.05) is 12.4 Å². The molecule has 1 heterocycles. The molecule has 1 N–H and O–H groups in total. The van der Waals surface area contributed by atoms with Gasteiger partial charge in [-0.05, 0) is 24.6 Å². The topological polar surface area (TPSA) is 94.6 Å². The van der Waals surface area contributed by atoms with Crippen molar-refractivity contribution in [1.29, 1.82) is 0 Å². The van der Waals surface area contributed by atoms with Gasteiger partial charge in [-0.3, -0.25) is 10.1 Å². The number of methoxy groups -OCH3 is 1. The second-order valence-electron chi connectivity index (χ2n) is 4.42. The van der Waals surface area contributed by atoms with Gasteiger partial charge in [-0.15, -0.1) is 0 Å². The minimum absolute atomic E-state index is 0.00486. The minimum atomic E-state index is -0.494. The number of esters is 1.